The molecule has 0 bridgehead atoms. The molecule has 0 aliphatic rings. The first-order valence-corrected chi connectivity index (χ1v) is 8.57. The Morgan fingerprint density at radius 1 is 0.923 bits per heavy atom. The molecule has 0 unspecified atom stereocenters. The Labute approximate surface area is 152 Å². The quantitative estimate of drug-likeness (QED) is 0.629. The third-order valence-corrected chi connectivity index (χ3v) is 4.22. The number of methoxy groups -OCH3 is 2. The number of furan rings is 1. The average Bonchev–Trinajstić information content (AvgIpc) is 3.14. The van der Waals surface area contributed by atoms with Gasteiger partial charge < -0.3 is 19.2 Å². The van der Waals surface area contributed by atoms with Crippen molar-refractivity contribution >= 4 is 0 Å². The van der Waals surface area contributed by atoms with Crippen molar-refractivity contribution in [3.63, 3.8) is 0 Å². The van der Waals surface area contributed by atoms with Crippen LogP contribution in [-0.4, -0.2) is 20.8 Å². The van der Waals surface area contributed by atoms with Gasteiger partial charge in [0.1, 0.15) is 18.1 Å². The van der Waals surface area contributed by atoms with Gasteiger partial charge in [-0.15, -0.1) is 0 Å². The van der Waals surface area contributed by atoms with Gasteiger partial charge in [0.15, 0.2) is 17.3 Å². The van der Waals surface area contributed by atoms with E-state index in [0.717, 1.165) is 48.1 Å². The first-order chi connectivity index (χ1) is 12.7. The number of hydrogen-bond donors (Lipinski definition) is 1. The number of quaternary nitrogens is 1. The molecular weight excluding hydrogens is 333 g/mol. The molecule has 0 spiro atoms. The smallest absolute Gasteiger partial charge is 0.160 e. The molecule has 0 amide bonds. The van der Waals surface area contributed by atoms with E-state index in [0.29, 0.717) is 0 Å². The minimum atomic E-state index is -0.246. The molecule has 4 nitrogen and oxygen atoms in total. The van der Waals surface area contributed by atoms with Gasteiger partial charge in [0.25, 0.3) is 0 Å². The van der Waals surface area contributed by atoms with E-state index in [-0.39, 0.29) is 5.82 Å². The van der Waals surface area contributed by atoms with Crippen molar-refractivity contribution in [2.75, 3.05) is 20.8 Å². The largest absolute Gasteiger partial charge is 0.493 e. The number of nitrogens with two attached hydrogens (primary N) is 1. The van der Waals surface area contributed by atoms with Crippen molar-refractivity contribution in [1.82, 2.24) is 0 Å². The van der Waals surface area contributed by atoms with Crippen LogP contribution in [0.25, 0.3) is 11.3 Å². The second kappa shape index (κ2) is 8.54. The van der Waals surface area contributed by atoms with Gasteiger partial charge in [-0.25, -0.2) is 4.39 Å². The Morgan fingerprint density at radius 2 is 1.69 bits per heavy atom. The van der Waals surface area contributed by atoms with Crippen molar-refractivity contribution in [3.8, 4) is 22.8 Å². The maximum Gasteiger partial charge on any atom is 0.160 e. The summed E-state index contributed by atoms with van der Waals surface area (Å²) >= 11 is 0. The summed E-state index contributed by atoms with van der Waals surface area (Å²) in [5.41, 5.74) is 2.08. The van der Waals surface area contributed by atoms with Crippen LogP contribution in [0.5, 0.6) is 11.5 Å². The highest BCUT2D eigenvalue weighted by Crippen LogP contribution is 2.27. The number of ether oxygens (including phenoxy) is 2. The van der Waals surface area contributed by atoms with E-state index < -0.39 is 0 Å². The lowest BCUT2D eigenvalue weighted by Crippen LogP contribution is -2.83. The predicted octanol–water partition coefficient (Wildman–Crippen LogP) is 3.41. The Hall–Kier alpha value is -2.79. The normalized spacial score (nSPS) is 10.7. The van der Waals surface area contributed by atoms with E-state index in [1.807, 2.05) is 24.3 Å². The minimum absolute atomic E-state index is 0.246. The molecule has 0 aliphatic carbocycles. The third kappa shape index (κ3) is 4.43. The Morgan fingerprint density at radius 3 is 2.42 bits per heavy atom. The zero-order valence-electron chi connectivity index (χ0n) is 15.0. The van der Waals surface area contributed by atoms with Gasteiger partial charge in [0.2, 0.25) is 0 Å². The molecule has 0 atom stereocenters. The first kappa shape index (κ1) is 18.0. The summed E-state index contributed by atoms with van der Waals surface area (Å²) < 4.78 is 29.4. The van der Waals surface area contributed by atoms with Gasteiger partial charge in [0.05, 0.1) is 20.8 Å². The lowest BCUT2D eigenvalue weighted by atomic mass is 10.1. The second-order valence-electron chi connectivity index (χ2n) is 5.99. The lowest BCUT2D eigenvalue weighted by molar-refractivity contribution is -0.671. The fourth-order valence-corrected chi connectivity index (χ4v) is 2.81. The van der Waals surface area contributed by atoms with E-state index in [4.69, 9.17) is 13.9 Å². The van der Waals surface area contributed by atoms with Crippen LogP contribution in [0.3, 0.4) is 0 Å². The van der Waals surface area contributed by atoms with Crippen LogP contribution in [0.4, 0.5) is 4.39 Å². The average molecular weight is 356 g/mol. The summed E-state index contributed by atoms with van der Waals surface area (Å²) in [6, 6.07) is 16.2. The van der Waals surface area contributed by atoms with Crippen LogP contribution in [-0.2, 0) is 13.0 Å². The molecule has 0 radical (unpaired) electrons. The zero-order chi connectivity index (χ0) is 18.4. The summed E-state index contributed by atoms with van der Waals surface area (Å²) in [5.74, 6) is 2.90. The van der Waals surface area contributed by atoms with E-state index in [1.54, 1.807) is 26.4 Å². The number of rotatable bonds is 8. The molecule has 0 saturated carbocycles. The zero-order valence-corrected chi connectivity index (χ0v) is 15.0. The number of halogens is 1. The monoisotopic (exact) mass is 356 g/mol. The molecule has 2 aromatic carbocycles. The van der Waals surface area contributed by atoms with Gasteiger partial charge in [-0.1, -0.05) is 6.07 Å². The minimum Gasteiger partial charge on any atom is -0.493 e. The molecule has 5 heteroatoms. The van der Waals surface area contributed by atoms with Gasteiger partial charge in [-0.3, -0.25) is 0 Å². The molecule has 1 aromatic heterocycles. The van der Waals surface area contributed by atoms with Crippen LogP contribution >= 0.6 is 0 Å². The molecular formula is C21H23FNO3+. The lowest BCUT2D eigenvalue weighted by Gasteiger charge is -2.09. The van der Waals surface area contributed by atoms with E-state index in [9.17, 15) is 4.39 Å². The molecule has 2 N–H and O–H groups in total. The van der Waals surface area contributed by atoms with Gasteiger partial charge in [-0.2, -0.15) is 0 Å². The third-order valence-electron chi connectivity index (χ3n) is 4.22. The van der Waals surface area contributed by atoms with Crippen LogP contribution < -0.4 is 14.8 Å². The molecule has 136 valence electrons. The van der Waals surface area contributed by atoms with Crippen molar-refractivity contribution in [2.24, 2.45) is 0 Å². The summed E-state index contributed by atoms with van der Waals surface area (Å²) in [5, 5.41) is 2.20. The van der Waals surface area contributed by atoms with Gasteiger partial charge in [0, 0.05) is 12.0 Å². The van der Waals surface area contributed by atoms with Crippen molar-refractivity contribution in [3.05, 3.63) is 71.7 Å². The fraction of sp³-hybridized carbons (Fsp3) is 0.238. The summed E-state index contributed by atoms with van der Waals surface area (Å²) in [6.07, 6.45) is 0.923. The highest BCUT2D eigenvalue weighted by Gasteiger charge is 2.08. The topological polar surface area (TPSA) is 48.2 Å². The highest BCUT2D eigenvalue weighted by molar-refractivity contribution is 5.57. The van der Waals surface area contributed by atoms with Crippen LogP contribution in [0.15, 0.2) is 59.0 Å². The van der Waals surface area contributed by atoms with E-state index >= 15 is 0 Å². The van der Waals surface area contributed by atoms with E-state index in [1.165, 1.54) is 17.7 Å². The van der Waals surface area contributed by atoms with E-state index in [2.05, 4.69) is 11.4 Å². The Bertz CT molecular complexity index is 843. The maximum atomic E-state index is 13.0. The van der Waals surface area contributed by atoms with Crippen LogP contribution in [0.2, 0.25) is 0 Å². The summed E-state index contributed by atoms with van der Waals surface area (Å²) in [6.45, 7) is 1.69. The maximum absolute atomic E-state index is 13.0. The number of benzene rings is 2. The molecule has 0 aliphatic heterocycles. The second-order valence-corrected chi connectivity index (χ2v) is 5.99. The molecule has 0 saturated heterocycles. The van der Waals surface area contributed by atoms with Crippen molar-refractivity contribution in [2.45, 2.75) is 13.0 Å². The van der Waals surface area contributed by atoms with Gasteiger partial charge >= 0.3 is 0 Å². The molecule has 3 aromatic rings. The van der Waals surface area contributed by atoms with Crippen LogP contribution in [0, 0.1) is 5.82 Å². The Balaban J connectivity index is 1.50. The molecule has 3 rings (SSSR count). The van der Waals surface area contributed by atoms with Crippen LogP contribution in [0.1, 0.15) is 11.3 Å². The molecule has 1 heterocycles. The fourth-order valence-electron chi connectivity index (χ4n) is 2.81. The standard InChI is InChI=1S/C21H22FNO3/c1-24-20-9-3-15(13-21(20)25-2)11-12-23-14-18-8-10-19(26-18)16-4-6-17(22)7-5-16/h3-10,13,23H,11-12,14H2,1-2H3/p+1. The first-order valence-electron chi connectivity index (χ1n) is 8.57. The molecule has 26 heavy (non-hydrogen) atoms. The summed E-state index contributed by atoms with van der Waals surface area (Å²) in [7, 11) is 3.28. The SMILES string of the molecule is COc1ccc(CC[NH2+]Cc2ccc(-c3ccc(F)cc3)o2)cc1OC. The highest BCUT2D eigenvalue weighted by atomic mass is 19.1. The van der Waals surface area contributed by atoms with Crippen molar-refractivity contribution < 1.29 is 23.6 Å². The predicted molar refractivity (Wildman–Crippen MR) is 97.8 cm³/mol. The Kier molecular flexibility index (Phi) is 5.92. The molecule has 0 fully saturated rings. The van der Waals surface area contributed by atoms with Gasteiger partial charge in [-0.05, 0) is 54.1 Å². The summed E-state index contributed by atoms with van der Waals surface area (Å²) in [4.78, 5) is 0. The van der Waals surface area contributed by atoms with Crippen molar-refractivity contribution in [1.29, 1.82) is 0 Å². The number of hydrogen-bond acceptors (Lipinski definition) is 3.